The number of nitro benzene ring substituents is 1. The van der Waals surface area contributed by atoms with E-state index < -0.39 is 16.6 Å². The summed E-state index contributed by atoms with van der Waals surface area (Å²) in [6, 6.07) is 16.2. The van der Waals surface area contributed by atoms with Crippen LogP contribution in [0.15, 0.2) is 71.1 Å². The molecular formula is C26H20ClFN2O6. The van der Waals surface area contributed by atoms with Gasteiger partial charge in [0.1, 0.15) is 35.4 Å². The Morgan fingerprint density at radius 2 is 1.75 bits per heavy atom. The molecule has 0 saturated carbocycles. The van der Waals surface area contributed by atoms with Gasteiger partial charge in [0.05, 0.1) is 21.7 Å². The molecule has 0 radical (unpaired) electrons. The number of furan rings is 1. The molecule has 3 aromatic carbocycles. The Morgan fingerprint density at radius 1 is 1.03 bits per heavy atom. The second-order valence-corrected chi connectivity index (χ2v) is 8.39. The van der Waals surface area contributed by atoms with Crippen molar-refractivity contribution in [3.63, 3.8) is 0 Å². The average Bonchev–Trinajstić information content (AvgIpc) is 3.27. The van der Waals surface area contributed by atoms with Crippen molar-refractivity contribution in [1.82, 2.24) is 0 Å². The van der Waals surface area contributed by atoms with E-state index in [1.165, 1.54) is 42.5 Å². The van der Waals surface area contributed by atoms with Gasteiger partial charge in [-0.2, -0.15) is 0 Å². The lowest BCUT2D eigenvalue weighted by Gasteiger charge is -2.10. The fourth-order valence-electron chi connectivity index (χ4n) is 3.46. The summed E-state index contributed by atoms with van der Waals surface area (Å²) in [4.78, 5) is 23.6. The molecule has 0 saturated heterocycles. The van der Waals surface area contributed by atoms with Crippen LogP contribution in [-0.4, -0.2) is 10.8 Å². The monoisotopic (exact) mass is 510 g/mol. The summed E-state index contributed by atoms with van der Waals surface area (Å²) in [5.74, 6) is 0.122. The number of nitrogens with one attached hydrogen (secondary N) is 1. The van der Waals surface area contributed by atoms with Gasteiger partial charge in [-0.15, -0.1) is 0 Å². The topological polar surface area (TPSA) is 104 Å². The zero-order valence-electron chi connectivity index (χ0n) is 19.2. The van der Waals surface area contributed by atoms with Gasteiger partial charge in [-0.25, -0.2) is 4.39 Å². The minimum atomic E-state index is -0.626. The van der Waals surface area contributed by atoms with E-state index in [4.69, 9.17) is 25.5 Å². The number of halogens is 2. The highest BCUT2D eigenvalue weighted by Crippen LogP contribution is 2.31. The summed E-state index contributed by atoms with van der Waals surface area (Å²) in [5.41, 5.74) is 1.85. The number of benzene rings is 3. The van der Waals surface area contributed by atoms with Crippen LogP contribution in [0, 0.1) is 29.8 Å². The molecule has 1 amide bonds. The van der Waals surface area contributed by atoms with E-state index in [0.717, 1.165) is 17.2 Å². The van der Waals surface area contributed by atoms with Crippen molar-refractivity contribution in [3.8, 4) is 17.2 Å². The van der Waals surface area contributed by atoms with Crippen molar-refractivity contribution in [1.29, 1.82) is 0 Å². The molecule has 184 valence electrons. The second-order valence-electron chi connectivity index (χ2n) is 7.98. The van der Waals surface area contributed by atoms with Crippen LogP contribution in [0.3, 0.4) is 0 Å². The van der Waals surface area contributed by atoms with Gasteiger partial charge in [0.2, 0.25) is 0 Å². The van der Waals surface area contributed by atoms with Crippen LogP contribution in [0.1, 0.15) is 27.4 Å². The standard InChI is InChI=1S/C26H20ClFN2O6/c1-15-7-16(2)9-21(8-15)35-22-12-18(11-19(13-22)30(32)33)29-26(31)25-6-4-20(36-25)14-34-24-5-3-17(28)10-23(24)27/h3-13H,14H2,1-2H3,(H,29,31). The van der Waals surface area contributed by atoms with Crippen LogP contribution in [0.25, 0.3) is 0 Å². The first-order valence-corrected chi connectivity index (χ1v) is 11.1. The SMILES string of the molecule is Cc1cc(C)cc(Oc2cc(NC(=O)c3ccc(COc4ccc(F)cc4Cl)o3)cc([N+](=O)[O-])c2)c1. The molecule has 1 heterocycles. The Morgan fingerprint density at radius 3 is 2.44 bits per heavy atom. The van der Waals surface area contributed by atoms with E-state index in [9.17, 15) is 19.3 Å². The van der Waals surface area contributed by atoms with Gasteiger partial charge in [-0.3, -0.25) is 14.9 Å². The lowest BCUT2D eigenvalue weighted by atomic mass is 10.1. The molecule has 1 aromatic heterocycles. The fourth-order valence-corrected chi connectivity index (χ4v) is 3.68. The molecule has 36 heavy (non-hydrogen) atoms. The number of amides is 1. The average molecular weight is 511 g/mol. The molecule has 0 bridgehead atoms. The molecule has 4 aromatic rings. The number of ether oxygens (including phenoxy) is 2. The van der Waals surface area contributed by atoms with Gasteiger partial charge in [-0.05, 0) is 67.4 Å². The molecule has 0 aliphatic heterocycles. The maximum absolute atomic E-state index is 13.2. The first-order valence-electron chi connectivity index (χ1n) is 10.7. The van der Waals surface area contributed by atoms with Crippen molar-refractivity contribution >= 4 is 28.9 Å². The van der Waals surface area contributed by atoms with Crippen molar-refractivity contribution in [2.24, 2.45) is 0 Å². The summed E-state index contributed by atoms with van der Waals surface area (Å²) < 4.78 is 30.0. The van der Waals surface area contributed by atoms with Crippen LogP contribution in [0.2, 0.25) is 5.02 Å². The molecule has 0 aliphatic carbocycles. The van der Waals surface area contributed by atoms with Gasteiger partial charge in [0.15, 0.2) is 5.76 Å². The lowest BCUT2D eigenvalue weighted by Crippen LogP contribution is -2.11. The van der Waals surface area contributed by atoms with Crippen molar-refractivity contribution < 1.29 is 28.0 Å². The zero-order chi connectivity index (χ0) is 25.8. The highest BCUT2D eigenvalue weighted by molar-refractivity contribution is 6.32. The molecular weight excluding hydrogens is 491 g/mol. The van der Waals surface area contributed by atoms with E-state index in [0.29, 0.717) is 11.5 Å². The first kappa shape index (κ1) is 24.7. The van der Waals surface area contributed by atoms with E-state index in [-0.39, 0.29) is 40.3 Å². The molecule has 0 fully saturated rings. The number of aryl methyl sites for hydroxylation is 2. The van der Waals surface area contributed by atoms with Crippen molar-refractivity contribution in [2.45, 2.75) is 20.5 Å². The summed E-state index contributed by atoms with van der Waals surface area (Å²) in [6.45, 7) is 3.77. The number of hydrogen-bond donors (Lipinski definition) is 1. The number of non-ortho nitro benzene ring substituents is 1. The van der Waals surface area contributed by atoms with Crippen molar-refractivity contribution in [2.75, 3.05) is 5.32 Å². The van der Waals surface area contributed by atoms with Crippen LogP contribution in [-0.2, 0) is 6.61 Å². The van der Waals surface area contributed by atoms with Gasteiger partial charge in [0.25, 0.3) is 11.6 Å². The fraction of sp³-hybridized carbons (Fsp3) is 0.115. The summed E-state index contributed by atoms with van der Waals surface area (Å²) in [6.07, 6.45) is 0. The highest BCUT2D eigenvalue weighted by atomic mass is 35.5. The normalized spacial score (nSPS) is 10.7. The first-order chi connectivity index (χ1) is 17.2. The third kappa shape index (κ3) is 6.19. The Labute approximate surface area is 210 Å². The number of rotatable bonds is 8. The van der Waals surface area contributed by atoms with E-state index in [1.807, 2.05) is 19.9 Å². The third-order valence-corrected chi connectivity index (χ3v) is 5.24. The molecule has 0 aliphatic rings. The van der Waals surface area contributed by atoms with E-state index >= 15 is 0 Å². The number of nitro groups is 1. The molecule has 4 rings (SSSR count). The number of nitrogens with zero attached hydrogens (tertiary/aromatic N) is 1. The second kappa shape index (κ2) is 10.5. The van der Waals surface area contributed by atoms with Crippen LogP contribution in [0.4, 0.5) is 15.8 Å². The highest BCUT2D eigenvalue weighted by Gasteiger charge is 2.17. The summed E-state index contributed by atoms with van der Waals surface area (Å²) in [5, 5.41) is 14.1. The van der Waals surface area contributed by atoms with Gasteiger partial charge in [0, 0.05) is 12.1 Å². The zero-order valence-corrected chi connectivity index (χ0v) is 20.0. The number of carbonyl (C=O) groups excluding carboxylic acids is 1. The van der Waals surface area contributed by atoms with Gasteiger partial charge < -0.3 is 19.2 Å². The molecule has 0 unspecified atom stereocenters. The van der Waals surface area contributed by atoms with Gasteiger partial charge in [-0.1, -0.05) is 17.7 Å². The third-order valence-electron chi connectivity index (χ3n) is 4.94. The smallest absolute Gasteiger partial charge is 0.291 e. The molecule has 0 atom stereocenters. The van der Waals surface area contributed by atoms with E-state index in [1.54, 1.807) is 12.1 Å². The Balaban J connectivity index is 1.48. The predicted molar refractivity (Wildman–Crippen MR) is 131 cm³/mol. The van der Waals surface area contributed by atoms with E-state index in [2.05, 4.69) is 5.32 Å². The Bertz CT molecular complexity index is 1430. The quantitative estimate of drug-likeness (QED) is 0.198. The van der Waals surface area contributed by atoms with Gasteiger partial charge >= 0.3 is 0 Å². The molecule has 1 N–H and O–H groups in total. The number of hydrogen-bond acceptors (Lipinski definition) is 6. The Hall–Kier alpha value is -4.37. The van der Waals surface area contributed by atoms with Crippen LogP contribution < -0.4 is 14.8 Å². The van der Waals surface area contributed by atoms with Crippen molar-refractivity contribution in [3.05, 3.63) is 110 Å². The van der Waals surface area contributed by atoms with Crippen LogP contribution in [0.5, 0.6) is 17.2 Å². The summed E-state index contributed by atoms with van der Waals surface area (Å²) in [7, 11) is 0. The largest absolute Gasteiger partial charge is 0.484 e. The maximum atomic E-state index is 13.2. The lowest BCUT2D eigenvalue weighted by molar-refractivity contribution is -0.384. The van der Waals surface area contributed by atoms with Crippen LogP contribution >= 0.6 is 11.6 Å². The predicted octanol–water partition coefficient (Wildman–Crippen LogP) is 7.22. The molecule has 0 spiro atoms. The minimum Gasteiger partial charge on any atom is -0.484 e. The number of carbonyl (C=O) groups is 1. The number of anilines is 1. The maximum Gasteiger partial charge on any atom is 0.291 e. The molecule has 8 nitrogen and oxygen atoms in total. The molecule has 10 heteroatoms. The summed E-state index contributed by atoms with van der Waals surface area (Å²) >= 11 is 5.94. The Kier molecular flexibility index (Phi) is 7.21. The minimum absolute atomic E-state index is 0.0397.